The zero-order valence-electron chi connectivity index (χ0n) is 14.3. The van der Waals surface area contributed by atoms with Crippen LogP contribution in [0.1, 0.15) is 24.6 Å². The van der Waals surface area contributed by atoms with Crippen LogP contribution in [0.15, 0.2) is 36.7 Å². The third-order valence-electron chi connectivity index (χ3n) is 3.80. The minimum Gasteiger partial charge on any atom is -0.489 e. The van der Waals surface area contributed by atoms with Gasteiger partial charge in [0.05, 0.1) is 6.54 Å². The summed E-state index contributed by atoms with van der Waals surface area (Å²) in [7, 11) is 0. The second kappa shape index (κ2) is 7.19. The molecule has 0 aliphatic rings. The van der Waals surface area contributed by atoms with E-state index < -0.39 is 11.9 Å². The molecule has 1 atom stereocenters. The largest absolute Gasteiger partial charge is 0.489 e. The van der Waals surface area contributed by atoms with E-state index in [1.165, 1.54) is 4.52 Å². The summed E-state index contributed by atoms with van der Waals surface area (Å²) >= 11 is 0. The lowest BCUT2D eigenvalue weighted by Gasteiger charge is -2.19. The Morgan fingerprint density at radius 3 is 2.77 bits per heavy atom. The number of ether oxygens (including phenoxy) is 1. The summed E-state index contributed by atoms with van der Waals surface area (Å²) in [6.07, 6.45) is -2.95. The molecule has 2 heterocycles. The van der Waals surface area contributed by atoms with Gasteiger partial charge < -0.3 is 10.1 Å². The van der Waals surface area contributed by atoms with Crippen molar-refractivity contribution in [3.63, 3.8) is 0 Å². The monoisotopic (exact) mass is 365 g/mol. The van der Waals surface area contributed by atoms with E-state index in [1.54, 1.807) is 0 Å². The van der Waals surface area contributed by atoms with Crippen molar-refractivity contribution in [3.8, 4) is 5.75 Å². The third kappa shape index (κ3) is 4.04. The molecule has 26 heavy (non-hydrogen) atoms. The van der Waals surface area contributed by atoms with Crippen LogP contribution in [-0.4, -0.2) is 32.2 Å². The Balaban J connectivity index is 1.78. The Bertz CT molecular complexity index is 893. The van der Waals surface area contributed by atoms with E-state index in [-0.39, 0.29) is 17.7 Å². The van der Waals surface area contributed by atoms with E-state index in [1.807, 2.05) is 38.1 Å². The summed E-state index contributed by atoms with van der Waals surface area (Å²) in [6, 6.07) is 8.53. The maximum absolute atomic E-state index is 13.0. The molecule has 3 rings (SSSR count). The summed E-state index contributed by atoms with van der Waals surface area (Å²) in [4.78, 5) is 7.23. The van der Waals surface area contributed by atoms with Crippen LogP contribution in [0.25, 0.3) is 5.78 Å². The molecule has 1 N–H and O–H groups in total. The molecular weight excluding hydrogens is 347 g/mol. The van der Waals surface area contributed by atoms with Crippen LogP contribution >= 0.6 is 0 Å². The highest BCUT2D eigenvalue weighted by Crippen LogP contribution is 2.29. The highest BCUT2D eigenvalue weighted by Gasteiger charge is 2.34. The number of alkyl halides is 3. The van der Waals surface area contributed by atoms with Crippen LogP contribution in [-0.2, 0) is 6.18 Å². The second-order valence-electron chi connectivity index (χ2n) is 5.84. The van der Waals surface area contributed by atoms with E-state index in [2.05, 4.69) is 20.4 Å². The number of benzene rings is 1. The molecular formula is C17H18F3N5O. The van der Waals surface area contributed by atoms with Crippen LogP contribution in [0.3, 0.4) is 0 Å². The molecule has 138 valence electrons. The number of rotatable bonds is 6. The molecule has 0 radical (unpaired) electrons. The van der Waals surface area contributed by atoms with Crippen LogP contribution < -0.4 is 10.1 Å². The molecule has 0 fully saturated rings. The van der Waals surface area contributed by atoms with Crippen LogP contribution in [0.5, 0.6) is 5.75 Å². The van der Waals surface area contributed by atoms with Gasteiger partial charge in [0.2, 0.25) is 0 Å². The smallest absolute Gasteiger partial charge is 0.433 e. The quantitative estimate of drug-likeness (QED) is 0.721. The number of hydrogen-bond acceptors (Lipinski definition) is 5. The van der Waals surface area contributed by atoms with Gasteiger partial charge in [0.15, 0.2) is 5.69 Å². The summed E-state index contributed by atoms with van der Waals surface area (Å²) in [5.74, 6) is 0.761. The van der Waals surface area contributed by atoms with E-state index in [9.17, 15) is 13.2 Å². The number of aryl methyl sites for hydroxylation is 1. The van der Waals surface area contributed by atoms with Crippen molar-refractivity contribution in [2.75, 3.05) is 11.9 Å². The number of fused-ring (bicyclic) bond motifs is 1. The molecule has 0 saturated heterocycles. The first-order valence-corrected chi connectivity index (χ1v) is 8.12. The average Bonchev–Trinajstić information content (AvgIpc) is 3.06. The first-order valence-electron chi connectivity index (χ1n) is 8.12. The van der Waals surface area contributed by atoms with Crippen molar-refractivity contribution in [2.45, 2.75) is 32.5 Å². The van der Waals surface area contributed by atoms with Crippen LogP contribution in [0.4, 0.5) is 19.0 Å². The molecule has 6 nitrogen and oxygen atoms in total. The van der Waals surface area contributed by atoms with Gasteiger partial charge >= 0.3 is 6.18 Å². The summed E-state index contributed by atoms with van der Waals surface area (Å²) < 4.78 is 46.2. The fourth-order valence-corrected chi connectivity index (χ4v) is 2.45. The Hall–Kier alpha value is -2.84. The summed E-state index contributed by atoms with van der Waals surface area (Å²) in [5, 5.41) is 6.88. The molecule has 0 saturated carbocycles. The maximum atomic E-state index is 13.0. The highest BCUT2D eigenvalue weighted by atomic mass is 19.4. The topological polar surface area (TPSA) is 64.3 Å². The fraction of sp³-hybridized carbons (Fsp3) is 0.353. The van der Waals surface area contributed by atoms with Gasteiger partial charge in [-0.25, -0.2) is 4.98 Å². The van der Waals surface area contributed by atoms with Gasteiger partial charge in [-0.1, -0.05) is 19.1 Å². The van der Waals surface area contributed by atoms with Gasteiger partial charge in [0.25, 0.3) is 5.78 Å². The zero-order chi connectivity index (χ0) is 18.7. The molecule has 2 aromatic heterocycles. The van der Waals surface area contributed by atoms with E-state index >= 15 is 0 Å². The molecule has 9 heteroatoms. The van der Waals surface area contributed by atoms with Gasteiger partial charge in [-0.3, -0.25) is 0 Å². The maximum Gasteiger partial charge on any atom is 0.433 e. The summed E-state index contributed by atoms with van der Waals surface area (Å²) in [6.45, 7) is 4.21. The molecule has 1 unspecified atom stereocenters. The fourth-order valence-electron chi connectivity index (χ4n) is 2.45. The molecule has 0 aliphatic heterocycles. The Morgan fingerprint density at radius 2 is 2.08 bits per heavy atom. The SMILES string of the molecule is CCC(CNc1cc(C(F)(F)F)nc2ncnn12)Oc1cccc(C)c1. The molecule has 0 bridgehead atoms. The minimum atomic E-state index is -4.56. The second-order valence-corrected chi connectivity index (χ2v) is 5.84. The van der Waals surface area contributed by atoms with Crippen molar-refractivity contribution >= 4 is 11.6 Å². The van der Waals surface area contributed by atoms with Gasteiger partial charge in [-0.2, -0.15) is 27.8 Å². The number of nitrogens with one attached hydrogen (secondary N) is 1. The Kier molecular flexibility index (Phi) is 4.97. The van der Waals surface area contributed by atoms with Gasteiger partial charge in [-0.05, 0) is 31.0 Å². The van der Waals surface area contributed by atoms with E-state index in [4.69, 9.17) is 4.74 Å². The molecule has 0 aliphatic carbocycles. The van der Waals surface area contributed by atoms with Crippen molar-refractivity contribution in [3.05, 3.63) is 47.9 Å². The normalized spacial score (nSPS) is 13.0. The summed E-state index contributed by atoms with van der Waals surface area (Å²) in [5.41, 5.74) is 0.0479. The number of aromatic nitrogens is 4. The Labute approximate surface area is 148 Å². The lowest BCUT2D eigenvalue weighted by Crippen LogP contribution is -2.26. The molecule has 1 aromatic carbocycles. The van der Waals surface area contributed by atoms with Crippen molar-refractivity contribution in [2.24, 2.45) is 0 Å². The number of anilines is 1. The lowest BCUT2D eigenvalue weighted by atomic mass is 10.2. The minimum absolute atomic E-state index is 0.116. The molecule has 3 aromatic rings. The molecule has 0 amide bonds. The first-order chi connectivity index (χ1) is 12.4. The van der Waals surface area contributed by atoms with Crippen LogP contribution in [0, 0.1) is 6.92 Å². The predicted molar refractivity (Wildman–Crippen MR) is 90.2 cm³/mol. The Morgan fingerprint density at radius 1 is 1.27 bits per heavy atom. The van der Waals surface area contributed by atoms with Gasteiger partial charge in [0.1, 0.15) is 24.0 Å². The van der Waals surface area contributed by atoms with Crippen molar-refractivity contribution < 1.29 is 17.9 Å². The highest BCUT2D eigenvalue weighted by molar-refractivity contribution is 5.45. The number of hydrogen-bond donors (Lipinski definition) is 1. The number of halogens is 3. The number of nitrogens with zero attached hydrogens (tertiary/aromatic N) is 4. The van der Waals surface area contributed by atoms with Crippen molar-refractivity contribution in [1.82, 2.24) is 19.6 Å². The predicted octanol–water partition coefficient (Wildman–Crippen LogP) is 3.72. The van der Waals surface area contributed by atoms with Crippen LogP contribution in [0.2, 0.25) is 0 Å². The third-order valence-corrected chi connectivity index (χ3v) is 3.80. The standard InChI is InChI=1S/C17H18F3N5O/c1-3-12(26-13-6-4-5-11(2)7-13)9-21-15-8-14(17(18,19)20)24-16-22-10-23-25(15)16/h4-8,10,12,21H,3,9H2,1-2H3. The van der Waals surface area contributed by atoms with E-state index in [0.29, 0.717) is 13.0 Å². The average molecular weight is 365 g/mol. The molecule has 0 spiro atoms. The van der Waals surface area contributed by atoms with Gasteiger partial charge in [-0.15, -0.1) is 0 Å². The van der Waals surface area contributed by atoms with Crippen molar-refractivity contribution in [1.29, 1.82) is 0 Å². The first kappa shape index (κ1) is 18.0. The lowest BCUT2D eigenvalue weighted by molar-refractivity contribution is -0.141. The van der Waals surface area contributed by atoms with Gasteiger partial charge in [0, 0.05) is 6.07 Å². The zero-order valence-corrected chi connectivity index (χ0v) is 14.3. The van der Waals surface area contributed by atoms with E-state index in [0.717, 1.165) is 23.7 Å².